The van der Waals surface area contributed by atoms with Crippen LogP contribution in [-0.2, 0) is 4.79 Å². The van der Waals surface area contributed by atoms with Crippen molar-refractivity contribution in [2.45, 2.75) is 12.5 Å². The van der Waals surface area contributed by atoms with E-state index in [1.54, 1.807) is 7.05 Å². The Morgan fingerprint density at radius 3 is 2.83 bits per heavy atom. The van der Waals surface area contributed by atoms with E-state index in [0.717, 1.165) is 0 Å². The van der Waals surface area contributed by atoms with Gasteiger partial charge in [-0.3, -0.25) is 4.79 Å². The van der Waals surface area contributed by atoms with Gasteiger partial charge >= 0.3 is 0 Å². The van der Waals surface area contributed by atoms with Gasteiger partial charge in [-0.15, -0.1) is 6.42 Å². The monoisotopic (exact) mass is 169 g/mol. The van der Waals surface area contributed by atoms with E-state index in [2.05, 4.69) is 16.6 Å². The standard InChI is InChI=1S/C8H15N3O/c1-3-4-11-7(6-9)5-8(12)10-2/h1,7,11H,4-6,9H2,2H3,(H,10,12). The summed E-state index contributed by atoms with van der Waals surface area (Å²) < 4.78 is 0. The molecule has 0 spiro atoms. The number of amides is 1. The Morgan fingerprint density at radius 2 is 2.42 bits per heavy atom. The van der Waals surface area contributed by atoms with Gasteiger partial charge in [-0.05, 0) is 0 Å². The molecule has 0 rings (SSSR count). The van der Waals surface area contributed by atoms with Crippen molar-refractivity contribution < 1.29 is 4.79 Å². The lowest BCUT2D eigenvalue weighted by molar-refractivity contribution is -0.121. The first-order valence-corrected chi connectivity index (χ1v) is 3.82. The van der Waals surface area contributed by atoms with Gasteiger partial charge in [0.15, 0.2) is 0 Å². The molecule has 68 valence electrons. The van der Waals surface area contributed by atoms with E-state index in [1.165, 1.54) is 0 Å². The lowest BCUT2D eigenvalue weighted by Gasteiger charge is -2.13. The molecule has 0 fully saturated rings. The molecule has 4 nitrogen and oxygen atoms in total. The minimum Gasteiger partial charge on any atom is -0.359 e. The molecule has 1 atom stereocenters. The highest BCUT2D eigenvalue weighted by Gasteiger charge is 2.08. The molecule has 1 unspecified atom stereocenters. The first kappa shape index (κ1) is 11.0. The van der Waals surface area contributed by atoms with E-state index in [9.17, 15) is 4.79 Å². The zero-order chi connectivity index (χ0) is 9.40. The van der Waals surface area contributed by atoms with Gasteiger partial charge in [-0.2, -0.15) is 0 Å². The van der Waals surface area contributed by atoms with Crippen LogP contribution in [0.5, 0.6) is 0 Å². The van der Waals surface area contributed by atoms with Gasteiger partial charge in [0.25, 0.3) is 0 Å². The lowest BCUT2D eigenvalue weighted by atomic mass is 10.2. The molecule has 0 aliphatic rings. The van der Waals surface area contributed by atoms with Gasteiger partial charge in [0.2, 0.25) is 5.91 Å². The summed E-state index contributed by atoms with van der Waals surface area (Å²) in [6.07, 6.45) is 5.41. The quantitative estimate of drug-likeness (QED) is 0.447. The summed E-state index contributed by atoms with van der Waals surface area (Å²) in [6, 6.07) is -0.0269. The molecule has 0 aromatic heterocycles. The molecule has 0 saturated heterocycles. The van der Waals surface area contributed by atoms with Gasteiger partial charge in [0.05, 0.1) is 6.54 Å². The number of carbonyl (C=O) groups excluding carboxylic acids is 1. The largest absolute Gasteiger partial charge is 0.359 e. The summed E-state index contributed by atoms with van der Waals surface area (Å²) in [5.41, 5.74) is 5.41. The van der Waals surface area contributed by atoms with E-state index in [1.807, 2.05) is 0 Å². The smallest absolute Gasteiger partial charge is 0.221 e. The Hall–Kier alpha value is -1.05. The van der Waals surface area contributed by atoms with Crippen LogP contribution < -0.4 is 16.4 Å². The van der Waals surface area contributed by atoms with Crippen LogP contribution in [0.2, 0.25) is 0 Å². The third kappa shape index (κ3) is 4.72. The number of hydrogen-bond acceptors (Lipinski definition) is 3. The molecule has 0 bridgehead atoms. The average molecular weight is 169 g/mol. The zero-order valence-corrected chi connectivity index (χ0v) is 7.26. The first-order chi connectivity index (χ1) is 5.74. The van der Waals surface area contributed by atoms with E-state index < -0.39 is 0 Å². The second-order valence-corrected chi connectivity index (χ2v) is 2.39. The summed E-state index contributed by atoms with van der Waals surface area (Å²) in [7, 11) is 1.59. The van der Waals surface area contributed by atoms with Crippen molar-refractivity contribution in [2.24, 2.45) is 5.73 Å². The van der Waals surface area contributed by atoms with E-state index >= 15 is 0 Å². The number of terminal acetylenes is 1. The third-order valence-electron chi connectivity index (χ3n) is 1.49. The highest BCUT2D eigenvalue weighted by Crippen LogP contribution is 1.88. The van der Waals surface area contributed by atoms with Crippen molar-refractivity contribution in [2.75, 3.05) is 20.1 Å². The molecule has 0 heterocycles. The fourth-order valence-corrected chi connectivity index (χ4v) is 0.768. The maximum Gasteiger partial charge on any atom is 0.221 e. The van der Waals surface area contributed by atoms with Crippen LogP contribution in [0, 0.1) is 12.3 Å². The molecule has 0 aromatic rings. The summed E-state index contributed by atoms with van der Waals surface area (Å²) in [6.45, 7) is 0.855. The number of hydrogen-bond donors (Lipinski definition) is 3. The van der Waals surface area contributed by atoms with E-state index in [-0.39, 0.29) is 11.9 Å². The van der Waals surface area contributed by atoms with Crippen molar-refractivity contribution >= 4 is 5.91 Å². The molecule has 4 heteroatoms. The number of nitrogens with one attached hydrogen (secondary N) is 2. The molecule has 12 heavy (non-hydrogen) atoms. The zero-order valence-electron chi connectivity index (χ0n) is 7.26. The normalized spacial score (nSPS) is 11.8. The number of nitrogens with two attached hydrogens (primary N) is 1. The van der Waals surface area contributed by atoms with Crippen LogP contribution in [0.3, 0.4) is 0 Å². The third-order valence-corrected chi connectivity index (χ3v) is 1.49. The van der Waals surface area contributed by atoms with Crippen LogP contribution in [0.15, 0.2) is 0 Å². The number of rotatable bonds is 5. The van der Waals surface area contributed by atoms with Crippen molar-refractivity contribution in [3.8, 4) is 12.3 Å². The number of carbonyl (C=O) groups is 1. The molecular weight excluding hydrogens is 154 g/mol. The van der Waals surface area contributed by atoms with Crippen LogP contribution >= 0.6 is 0 Å². The topological polar surface area (TPSA) is 67.1 Å². The highest BCUT2D eigenvalue weighted by molar-refractivity contribution is 5.76. The molecule has 1 amide bonds. The van der Waals surface area contributed by atoms with Gasteiger partial charge in [0, 0.05) is 26.1 Å². The minimum absolute atomic E-state index is 0.0269. The molecular formula is C8H15N3O. The van der Waals surface area contributed by atoms with Gasteiger partial charge in [-0.25, -0.2) is 0 Å². The summed E-state index contributed by atoms with van der Waals surface area (Å²) in [5.74, 6) is 2.39. The van der Waals surface area contributed by atoms with E-state index in [4.69, 9.17) is 12.2 Å². The summed E-state index contributed by atoms with van der Waals surface area (Å²) in [5, 5.41) is 5.48. The van der Waals surface area contributed by atoms with Crippen molar-refractivity contribution in [1.82, 2.24) is 10.6 Å². The SMILES string of the molecule is C#CCNC(CN)CC(=O)NC. The van der Waals surface area contributed by atoms with Gasteiger partial charge in [-0.1, -0.05) is 5.92 Å². The van der Waals surface area contributed by atoms with Crippen molar-refractivity contribution in [3.05, 3.63) is 0 Å². The predicted octanol–water partition coefficient (Wildman–Crippen LogP) is -1.33. The summed E-state index contributed by atoms with van der Waals surface area (Å²) in [4.78, 5) is 10.9. The fraction of sp³-hybridized carbons (Fsp3) is 0.625. The van der Waals surface area contributed by atoms with Crippen molar-refractivity contribution in [1.29, 1.82) is 0 Å². The summed E-state index contributed by atoms with van der Waals surface area (Å²) >= 11 is 0. The Balaban J connectivity index is 3.68. The Labute approximate surface area is 72.9 Å². The van der Waals surface area contributed by atoms with Gasteiger partial charge in [0.1, 0.15) is 0 Å². The lowest BCUT2D eigenvalue weighted by Crippen LogP contribution is -2.40. The van der Waals surface area contributed by atoms with Crippen LogP contribution in [0.1, 0.15) is 6.42 Å². The maximum absolute atomic E-state index is 10.9. The molecule has 0 saturated carbocycles. The van der Waals surface area contributed by atoms with E-state index in [0.29, 0.717) is 19.5 Å². The minimum atomic E-state index is -0.0324. The Morgan fingerprint density at radius 1 is 1.75 bits per heavy atom. The molecule has 4 N–H and O–H groups in total. The predicted molar refractivity (Wildman–Crippen MR) is 48.4 cm³/mol. The van der Waals surface area contributed by atoms with Crippen LogP contribution in [0.25, 0.3) is 0 Å². The maximum atomic E-state index is 10.9. The molecule has 0 aliphatic heterocycles. The Bertz CT molecular complexity index is 174. The van der Waals surface area contributed by atoms with Gasteiger partial charge < -0.3 is 16.4 Å². The van der Waals surface area contributed by atoms with Crippen LogP contribution in [0.4, 0.5) is 0 Å². The fourth-order valence-electron chi connectivity index (χ4n) is 0.768. The second-order valence-electron chi connectivity index (χ2n) is 2.39. The molecule has 0 aliphatic carbocycles. The highest BCUT2D eigenvalue weighted by atomic mass is 16.1. The molecule has 0 radical (unpaired) electrons. The van der Waals surface area contributed by atoms with Crippen molar-refractivity contribution in [3.63, 3.8) is 0 Å². The van der Waals surface area contributed by atoms with Crippen LogP contribution in [-0.4, -0.2) is 32.1 Å². The average Bonchev–Trinajstić information content (AvgIpc) is 2.11. The Kier molecular flexibility index (Phi) is 6.07. The second kappa shape index (κ2) is 6.65. The molecule has 0 aromatic carbocycles. The first-order valence-electron chi connectivity index (χ1n) is 3.82.